The van der Waals surface area contributed by atoms with Crippen LogP contribution in [0.25, 0.3) is 54.0 Å². The average Bonchev–Trinajstić information content (AvgIpc) is 3.24. The number of hydrogen-bond acceptors (Lipinski definition) is 2. The van der Waals surface area contributed by atoms with Crippen molar-refractivity contribution in [1.82, 2.24) is 4.37 Å². The smallest absolute Gasteiger partial charge is 0.0925 e. The van der Waals surface area contributed by atoms with Gasteiger partial charge in [0.25, 0.3) is 0 Å². The molecule has 0 aliphatic heterocycles. The van der Waals surface area contributed by atoms with Crippen molar-refractivity contribution in [2.45, 2.75) is 0 Å². The first-order valence-corrected chi connectivity index (χ1v) is 10.5. The van der Waals surface area contributed by atoms with Crippen LogP contribution < -0.4 is 0 Å². The number of aromatic nitrogens is 1. The molecule has 0 spiro atoms. The second-order valence-electron chi connectivity index (χ2n) is 7.30. The zero-order valence-corrected chi connectivity index (χ0v) is 16.5. The van der Waals surface area contributed by atoms with Gasteiger partial charge in [-0.1, -0.05) is 91.0 Å². The van der Waals surface area contributed by atoms with Crippen molar-refractivity contribution in [2.24, 2.45) is 0 Å². The Morgan fingerprint density at radius 3 is 1.97 bits per heavy atom. The van der Waals surface area contributed by atoms with Gasteiger partial charge in [0, 0.05) is 16.3 Å². The maximum Gasteiger partial charge on any atom is 0.0925 e. The lowest BCUT2D eigenvalue weighted by Crippen LogP contribution is -1.84. The minimum Gasteiger partial charge on any atom is -0.191 e. The molecule has 29 heavy (non-hydrogen) atoms. The summed E-state index contributed by atoms with van der Waals surface area (Å²) in [5, 5.41) is 6.36. The molecule has 0 aliphatic rings. The van der Waals surface area contributed by atoms with Gasteiger partial charge in [0.1, 0.15) is 0 Å². The summed E-state index contributed by atoms with van der Waals surface area (Å²) in [5.41, 5.74) is 4.73. The molecule has 0 N–H and O–H groups in total. The molecule has 136 valence electrons. The average molecular weight is 388 g/mol. The van der Waals surface area contributed by atoms with E-state index in [4.69, 9.17) is 4.37 Å². The molecule has 2 heteroatoms. The van der Waals surface area contributed by atoms with E-state index in [1.54, 1.807) is 11.5 Å². The molecule has 0 fully saturated rings. The molecule has 1 aromatic heterocycles. The molecule has 0 bridgehead atoms. The van der Waals surface area contributed by atoms with Gasteiger partial charge < -0.3 is 0 Å². The second kappa shape index (κ2) is 6.54. The Morgan fingerprint density at radius 1 is 0.517 bits per heavy atom. The molecule has 0 saturated heterocycles. The van der Waals surface area contributed by atoms with Crippen molar-refractivity contribution in [2.75, 3.05) is 0 Å². The Morgan fingerprint density at radius 2 is 1.17 bits per heavy atom. The molecule has 0 aliphatic carbocycles. The molecule has 0 radical (unpaired) electrons. The highest BCUT2D eigenvalue weighted by Crippen LogP contribution is 2.40. The lowest BCUT2D eigenvalue weighted by atomic mass is 9.94. The van der Waals surface area contributed by atoms with Crippen molar-refractivity contribution in [3.8, 4) is 22.4 Å². The monoisotopic (exact) mass is 387 g/mol. The molecule has 1 nitrogen and oxygen atoms in total. The predicted molar refractivity (Wildman–Crippen MR) is 126 cm³/mol. The first kappa shape index (κ1) is 16.5. The molecule has 0 saturated carbocycles. The van der Waals surface area contributed by atoms with E-state index in [-0.39, 0.29) is 0 Å². The molecule has 0 atom stereocenters. The third-order valence-electron chi connectivity index (χ3n) is 5.59. The highest BCUT2D eigenvalue weighted by atomic mass is 32.1. The van der Waals surface area contributed by atoms with E-state index in [1.807, 2.05) is 0 Å². The summed E-state index contributed by atoms with van der Waals surface area (Å²) >= 11 is 1.58. The van der Waals surface area contributed by atoms with E-state index in [1.165, 1.54) is 48.3 Å². The molecule has 0 amide bonds. The summed E-state index contributed by atoms with van der Waals surface area (Å²) in [6.07, 6.45) is 0. The first-order chi connectivity index (χ1) is 14.4. The van der Waals surface area contributed by atoms with Crippen molar-refractivity contribution in [1.29, 1.82) is 0 Å². The van der Waals surface area contributed by atoms with Gasteiger partial charge in [-0.3, -0.25) is 0 Å². The van der Waals surface area contributed by atoms with Crippen molar-refractivity contribution < 1.29 is 0 Å². The van der Waals surface area contributed by atoms with Crippen molar-refractivity contribution >= 4 is 43.2 Å². The Kier molecular flexibility index (Phi) is 3.71. The van der Waals surface area contributed by atoms with E-state index in [2.05, 4.69) is 103 Å². The summed E-state index contributed by atoms with van der Waals surface area (Å²) in [4.78, 5) is 0. The fraction of sp³-hybridized carbons (Fsp3) is 0. The molecule has 1 heterocycles. The van der Waals surface area contributed by atoms with Crippen molar-refractivity contribution in [3.05, 3.63) is 103 Å². The van der Waals surface area contributed by atoms with Gasteiger partial charge in [0.2, 0.25) is 0 Å². The lowest BCUT2D eigenvalue weighted by molar-refractivity contribution is 1.55. The number of rotatable bonds is 2. The minimum absolute atomic E-state index is 1.08. The quantitative estimate of drug-likeness (QED) is 0.275. The zero-order chi connectivity index (χ0) is 19.2. The van der Waals surface area contributed by atoms with Crippen LogP contribution in [0.4, 0.5) is 0 Å². The molecule has 6 rings (SSSR count). The maximum atomic E-state index is 4.84. The van der Waals surface area contributed by atoms with Crippen LogP contribution in [0.15, 0.2) is 103 Å². The van der Waals surface area contributed by atoms with Crippen LogP contribution >= 0.6 is 11.5 Å². The highest BCUT2D eigenvalue weighted by Gasteiger charge is 2.14. The number of fused-ring (bicyclic) bond motifs is 5. The topological polar surface area (TPSA) is 12.9 Å². The summed E-state index contributed by atoms with van der Waals surface area (Å²) < 4.78 is 6.08. The van der Waals surface area contributed by atoms with Crippen molar-refractivity contribution in [3.63, 3.8) is 0 Å². The zero-order valence-electron chi connectivity index (χ0n) is 15.7. The summed E-state index contributed by atoms with van der Waals surface area (Å²) in [7, 11) is 0. The van der Waals surface area contributed by atoms with E-state index in [0.29, 0.717) is 0 Å². The lowest BCUT2D eigenvalue weighted by Gasteiger charge is -2.10. The standard InChI is InChI=1S/C27H17NS/c1-3-7-18(8-4-1)22-14-12-19-11-13-20-15-16-24-26(25(20)23(19)17-22)27(28-29-24)21-9-5-2-6-10-21/h1-17H. The molecule has 6 aromatic rings. The fourth-order valence-electron chi connectivity index (χ4n) is 4.18. The third-order valence-corrected chi connectivity index (χ3v) is 6.40. The Balaban J connectivity index is 1.75. The van der Waals surface area contributed by atoms with Crippen LogP contribution in [0.2, 0.25) is 0 Å². The first-order valence-electron chi connectivity index (χ1n) is 9.74. The number of benzene rings is 5. The summed E-state index contributed by atoms with van der Waals surface area (Å²) in [6, 6.07) is 36.8. The second-order valence-corrected chi connectivity index (χ2v) is 8.11. The highest BCUT2D eigenvalue weighted by molar-refractivity contribution is 7.14. The van der Waals surface area contributed by atoms with Gasteiger partial charge in [-0.05, 0) is 51.0 Å². The van der Waals surface area contributed by atoms with Crippen LogP contribution in [-0.4, -0.2) is 4.37 Å². The summed E-state index contributed by atoms with van der Waals surface area (Å²) in [6.45, 7) is 0. The molecule has 0 unspecified atom stereocenters. The molecular weight excluding hydrogens is 370 g/mol. The van der Waals surface area contributed by atoms with E-state index in [0.717, 1.165) is 5.69 Å². The van der Waals surface area contributed by atoms with Gasteiger partial charge in [0.05, 0.1) is 10.4 Å². The number of hydrogen-bond donors (Lipinski definition) is 0. The van der Waals surface area contributed by atoms with E-state index in [9.17, 15) is 0 Å². The van der Waals surface area contributed by atoms with Crippen LogP contribution in [0, 0.1) is 0 Å². The largest absolute Gasteiger partial charge is 0.191 e. The normalized spacial score (nSPS) is 11.4. The Hall–Kier alpha value is -3.49. The van der Waals surface area contributed by atoms with E-state index < -0.39 is 0 Å². The number of nitrogens with zero attached hydrogens (tertiary/aromatic N) is 1. The van der Waals surface area contributed by atoms with Gasteiger partial charge in [-0.15, -0.1) is 0 Å². The van der Waals surface area contributed by atoms with Gasteiger partial charge in [-0.25, -0.2) is 0 Å². The Bertz CT molecular complexity index is 1480. The Labute approximate surface area is 173 Å². The molecule has 5 aromatic carbocycles. The van der Waals surface area contributed by atoms with Gasteiger partial charge in [-0.2, -0.15) is 4.37 Å². The van der Waals surface area contributed by atoms with Gasteiger partial charge >= 0.3 is 0 Å². The SMILES string of the molecule is c1ccc(-c2ccc3ccc4ccc5snc(-c6ccccc6)c5c4c3c2)cc1. The van der Waals surface area contributed by atoms with E-state index >= 15 is 0 Å². The molecular formula is C27H17NS. The minimum atomic E-state index is 1.08. The van der Waals surface area contributed by atoms with Gasteiger partial charge in [0.15, 0.2) is 0 Å². The predicted octanol–water partition coefficient (Wildman–Crippen LogP) is 7.94. The maximum absolute atomic E-state index is 4.84. The fourth-order valence-corrected chi connectivity index (χ4v) is 4.99. The van der Waals surface area contributed by atoms with Crippen LogP contribution in [0.5, 0.6) is 0 Å². The van der Waals surface area contributed by atoms with Crippen LogP contribution in [0.1, 0.15) is 0 Å². The van der Waals surface area contributed by atoms with Crippen LogP contribution in [-0.2, 0) is 0 Å². The summed E-state index contributed by atoms with van der Waals surface area (Å²) in [5.74, 6) is 0. The third kappa shape index (κ3) is 2.65. The van der Waals surface area contributed by atoms with Crippen LogP contribution in [0.3, 0.4) is 0 Å².